The Morgan fingerprint density at radius 3 is 2.33 bits per heavy atom. The maximum absolute atomic E-state index is 12.7. The Balaban J connectivity index is 3.23. The second-order valence-electron chi connectivity index (χ2n) is 3.22. The average molecular weight is 283 g/mol. The summed E-state index contributed by atoms with van der Waals surface area (Å²) in [5.74, 6) is 0. The molecule has 1 unspecified atom stereocenters. The molecule has 15 heavy (non-hydrogen) atoms. The summed E-state index contributed by atoms with van der Waals surface area (Å²) >= 11 is 3.07. The average Bonchev–Trinajstić information content (AvgIpc) is 2.14. The molecule has 0 amide bonds. The van der Waals surface area contributed by atoms with Crippen molar-refractivity contribution < 1.29 is 18.3 Å². The first-order valence-corrected chi connectivity index (χ1v) is 5.15. The highest BCUT2D eigenvalue weighted by atomic mass is 79.9. The predicted octanol–water partition coefficient (Wildman–Crippen LogP) is 3.61. The molecule has 0 radical (unpaired) electrons. The number of alkyl halides is 3. The first-order valence-electron chi connectivity index (χ1n) is 4.36. The molecule has 1 aromatic carbocycles. The van der Waals surface area contributed by atoms with Crippen molar-refractivity contribution in [3.63, 3.8) is 0 Å². The van der Waals surface area contributed by atoms with Gasteiger partial charge in [0.25, 0.3) is 0 Å². The molecule has 0 aromatic heterocycles. The standard InChI is InChI=1S/C10H10BrF3O/c1-2-9(15,10(12,13)14)7-4-3-5-8(11)6-7/h3-6,15H,2H2,1H3. The van der Waals surface area contributed by atoms with Gasteiger partial charge in [-0.3, -0.25) is 0 Å². The molecule has 0 aliphatic heterocycles. The summed E-state index contributed by atoms with van der Waals surface area (Å²) in [5.41, 5.74) is -2.91. The number of hydrogen-bond acceptors (Lipinski definition) is 1. The van der Waals surface area contributed by atoms with Crippen LogP contribution in [0.1, 0.15) is 18.9 Å². The molecule has 0 spiro atoms. The highest BCUT2D eigenvalue weighted by Gasteiger charge is 2.53. The van der Waals surface area contributed by atoms with Crippen LogP contribution in [0.2, 0.25) is 0 Å². The van der Waals surface area contributed by atoms with Gasteiger partial charge in [0.15, 0.2) is 5.60 Å². The predicted molar refractivity (Wildman–Crippen MR) is 54.4 cm³/mol. The Kier molecular flexibility index (Phi) is 3.45. The van der Waals surface area contributed by atoms with E-state index in [1.165, 1.54) is 25.1 Å². The quantitative estimate of drug-likeness (QED) is 0.879. The Labute approximate surface area is 94.0 Å². The van der Waals surface area contributed by atoms with Gasteiger partial charge < -0.3 is 5.11 Å². The van der Waals surface area contributed by atoms with Crippen LogP contribution in [-0.4, -0.2) is 11.3 Å². The van der Waals surface area contributed by atoms with Crippen LogP contribution in [0, 0.1) is 0 Å². The molecule has 1 atom stereocenters. The molecule has 1 N–H and O–H groups in total. The van der Waals surface area contributed by atoms with Crippen LogP contribution < -0.4 is 0 Å². The summed E-state index contributed by atoms with van der Waals surface area (Å²) in [4.78, 5) is 0. The zero-order valence-corrected chi connectivity index (χ0v) is 9.56. The Morgan fingerprint density at radius 2 is 1.93 bits per heavy atom. The lowest BCUT2D eigenvalue weighted by atomic mass is 9.90. The van der Waals surface area contributed by atoms with Gasteiger partial charge in [-0.1, -0.05) is 35.0 Å². The molecule has 0 saturated heterocycles. The van der Waals surface area contributed by atoms with Crippen molar-refractivity contribution in [2.75, 3.05) is 0 Å². The maximum Gasteiger partial charge on any atom is 0.421 e. The molecule has 0 saturated carbocycles. The number of aliphatic hydroxyl groups is 1. The Bertz CT molecular complexity index is 351. The van der Waals surface area contributed by atoms with Gasteiger partial charge in [-0.2, -0.15) is 13.2 Å². The maximum atomic E-state index is 12.7. The summed E-state index contributed by atoms with van der Waals surface area (Å²) in [5, 5.41) is 9.61. The van der Waals surface area contributed by atoms with Crippen molar-refractivity contribution in [1.82, 2.24) is 0 Å². The molecule has 0 fully saturated rings. The van der Waals surface area contributed by atoms with E-state index in [0.717, 1.165) is 0 Å². The monoisotopic (exact) mass is 282 g/mol. The normalized spacial score (nSPS) is 16.1. The third kappa shape index (κ3) is 2.34. The number of rotatable bonds is 2. The highest BCUT2D eigenvalue weighted by Crippen LogP contribution is 2.41. The van der Waals surface area contributed by atoms with E-state index in [4.69, 9.17) is 0 Å². The van der Waals surface area contributed by atoms with E-state index in [2.05, 4.69) is 15.9 Å². The summed E-state index contributed by atoms with van der Waals surface area (Å²) in [6, 6.07) is 5.61. The van der Waals surface area contributed by atoms with Gasteiger partial charge in [0, 0.05) is 4.47 Å². The van der Waals surface area contributed by atoms with Gasteiger partial charge in [0.2, 0.25) is 0 Å². The van der Waals surface area contributed by atoms with E-state index >= 15 is 0 Å². The molecular formula is C10H10BrF3O. The molecule has 1 aromatic rings. The van der Waals surface area contributed by atoms with Crippen LogP contribution >= 0.6 is 15.9 Å². The largest absolute Gasteiger partial charge is 0.421 e. The van der Waals surface area contributed by atoms with E-state index in [0.29, 0.717) is 4.47 Å². The number of benzene rings is 1. The fourth-order valence-electron chi connectivity index (χ4n) is 1.31. The SMILES string of the molecule is CCC(O)(c1cccc(Br)c1)C(F)(F)F. The summed E-state index contributed by atoms with van der Waals surface area (Å²) < 4.78 is 38.5. The second-order valence-corrected chi connectivity index (χ2v) is 4.14. The van der Waals surface area contributed by atoms with E-state index in [1.807, 2.05) is 0 Å². The lowest BCUT2D eigenvalue weighted by Crippen LogP contribution is -2.41. The van der Waals surface area contributed by atoms with E-state index in [1.54, 1.807) is 6.07 Å². The third-order valence-corrected chi connectivity index (χ3v) is 2.78. The molecule has 0 bridgehead atoms. The number of halogens is 4. The van der Waals surface area contributed by atoms with E-state index in [-0.39, 0.29) is 5.56 Å². The third-order valence-electron chi connectivity index (χ3n) is 2.28. The summed E-state index contributed by atoms with van der Waals surface area (Å²) in [6.45, 7) is 1.30. The minimum absolute atomic E-state index is 0.146. The van der Waals surface area contributed by atoms with E-state index in [9.17, 15) is 18.3 Å². The molecule has 1 rings (SSSR count). The van der Waals surface area contributed by atoms with Gasteiger partial charge in [0.05, 0.1) is 0 Å². The Morgan fingerprint density at radius 1 is 1.33 bits per heavy atom. The second kappa shape index (κ2) is 4.14. The van der Waals surface area contributed by atoms with Crippen LogP contribution in [-0.2, 0) is 5.60 Å². The van der Waals surface area contributed by atoms with Crippen LogP contribution in [0.3, 0.4) is 0 Å². The minimum atomic E-state index is -4.66. The lowest BCUT2D eigenvalue weighted by Gasteiger charge is -2.29. The zero-order chi connectivity index (χ0) is 11.7. The first-order chi connectivity index (χ1) is 6.81. The highest BCUT2D eigenvalue weighted by molar-refractivity contribution is 9.10. The van der Waals surface area contributed by atoms with E-state index < -0.39 is 18.2 Å². The zero-order valence-electron chi connectivity index (χ0n) is 7.98. The minimum Gasteiger partial charge on any atom is -0.376 e. The fourth-order valence-corrected chi connectivity index (χ4v) is 1.71. The van der Waals surface area contributed by atoms with Gasteiger partial charge in [0.1, 0.15) is 0 Å². The molecule has 0 aliphatic rings. The van der Waals surface area contributed by atoms with Gasteiger partial charge in [-0.05, 0) is 24.1 Å². The van der Waals surface area contributed by atoms with Crippen molar-refractivity contribution in [1.29, 1.82) is 0 Å². The summed E-state index contributed by atoms with van der Waals surface area (Å²) in [7, 11) is 0. The van der Waals surface area contributed by atoms with Crippen LogP contribution in [0.4, 0.5) is 13.2 Å². The lowest BCUT2D eigenvalue weighted by molar-refractivity contribution is -0.267. The molecule has 1 nitrogen and oxygen atoms in total. The molecule has 0 heterocycles. The van der Waals surface area contributed by atoms with Crippen LogP contribution in [0.15, 0.2) is 28.7 Å². The van der Waals surface area contributed by atoms with Gasteiger partial charge >= 0.3 is 6.18 Å². The number of hydrogen-bond donors (Lipinski definition) is 1. The molecule has 5 heteroatoms. The van der Waals surface area contributed by atoms with Crippen LogP contribution in [0.25, 0.3) is 0 Å². The first kappa shape index (κ1) is 12.5. The molecule has 0 aliphatic carbocycles. The van der Waals surface area contributed by atoms with Crippen LogP contribution in [0.5, 0.6) is 0 Å². The Hall–Kier alpha value is -0.550. The van der Waals surface area contributed by atoms with Gasteiger partial charge in [-0.25, -0.2) is 0 Å². The van der Waals surface area contributed by atoms with Crippen molar-refractivity contribution >= 4 is 15.9 Å². The van der Waals surface area contributed by atoms with Crippen molar-refractivity contribution in [3.8, 4) is 0 Å². The van der Waals surface area contributed by atoms with Crippen molar-refractivity contribution in [3.05, 3.63) is 34.3 Å². The smallest absolute Gasteiger partial charge is 0.376 e. The molecule has 84 valence electrons. The van der Waals surface area contributed by atoms with Gasteiger partial charge in [-0.15, -0.1) is 0 Å². The molecular weight excluding hydrogens is 273 g/mol. The summed E-state index contributed by atoms with van der Waals surface area (Å²) in [6.07, 6.45) is -5.07. The topological polar surface area (TPSA) is 20.2 Å². The fraction of sp³-hybridized carbons (Fsp3) is 0.400. The van der Waals surface area contributed by atoms with Crippen molar-refractivity contribution in [2.24, 2.45) is 0 Å². The van der Waals surface area contributed by atoms with Crippen molar-refractivity contribution in [2.45, 2.75) is 25.1 Å².